The SMILES string of the molecule is CNC(=O)Cc1ccc(NCc2ccccc2N)cc1. The van der Waals surface area contributed by atoms with Crippen LogP contribution in [0.1, 0.15) is 11.1 Å². The summed E-state index contributed by atoms with van der Waals surface area (Å²) in [5.74, 6) is 0.0165. The molecule has 0 bridgehead atoms. The van der Waals surface area contributed by atoms with E-state index in [1.54, 1.807) is 7.05 Å². The van der Waals surface area contributed by atoms with E-state index in [-0.39, 0.29) is 5.91 Å². The van der Waals surface area contributed by atoms with Crippen LogP contribution in [0.5, 0.6) is 0 Å². The molecule has 104 valence electrons. The van der Waals surface area contributed by atoms with Crippen LogP contribution in [-0.4, -0.2) is 13.0 Å². The molecule has 0 saturated carbocycles. The van der Waals surface area contributed by atoms with E-state index in [1.807, 2.05) is 48.5 Å². The first kappa shape index (κ1) is 13.9. The van der Waals surface area contributed by atoms with Crippen molar-refractivity contribution in [1.29, 1.82) is 0 Å². The number of nitrogens with two attached hydrogens (primary N) is 1. The largest absolute Gasteiger partial charge is 0.398 e. The van der Waals surface area contributed by atoms with E-state index in [9.17, 15) is 4.79 Å². The Kier molecular flexibility index (Phi) is 4.60. The molecule has 0 aliphatic rings. The van der Waals surface area contributed by atoms with Crippen LogP contribution in [0.25, 0.3) is 0 Å². The van der Waals surface area contributed by atoms with E-state index in [0.717, 1.165) is 22.5 Å². The molecule has 4 heteroatoms. The Bertz CT molecular complexity index is 579. The molecule has 0 aliphatic heterocycles. The van der Waals surface area contributed by atoms with Crippen molar-refractivity contribution >= 4 is 17.3 Å². The predicted octanol–water partition coefficient (Wildman–Crippen LogP) is 2.17. The fourth-order valence-electron chi connectivity index (χ4n) is 1.91. The zero-order valence-corrected chi connectivity index (χ0v) is 11.5. The van der Waals surface area contributed by atoms with Gasteiger partial charge in [0, 0.05) is 25.0 Å². The minimum absolute atomic E-state index is 0.0165. The van der Waals surface area contributed by atoms with Crippen LogP contribution in [0.4, 0.5) is 11.4 Å². The molecular formula is C16H19N3O. The van der Waals surface area contributed by atoms with E-state index in [0.29, 0.717) is 13.0 Å². The lowest BCUT2D eigenvalue weighted by atomic mass is 10.1. The van der Waals surface area contributed by atoms with Gasteiger partial charge >= 0.3 is 0 Å². The number of hydrogen-bond donors (Lipinski definition) is 3. The molecule has 0 fully saturated rings. The smallest absolute Gasteiger partial charge is 0.224 e. The molecule has 20 heavy (non-hydrogen) atoms. The van der Waals surface area contributed by atoms with Crippen LogP contribution in [0.15, 0.2) is 48.5 Å². The number of nitrogen functional groups attached to an aromatic ring is 1. The Morgan fingerprint density at radius 1 is 1.10 bits per heavy atom. The highest BCUT2D eigenvalue weighted by molar-refractivity contribution is 5.78. The average Bonchev–Trinajstić information content (AvgIpc) is 2.48. The molecule has 2 rings (SSSR count). The van der Waals surface area contributed by atoms with Crippen molar-refractivity contribution in [1.82, 2.24) is 5.32 Å². The lowest BCUT2D eigenvalue weighted by molar-refractivity contribution is -0.119. The van der Waals surface area contributed by atoms with Crippen molar-refractivity contribution in [3.05, 3.63) is 59.7 Å². The zero-order chi connectivity index (χ0) is 14.4. The van der Waals surface area contributed by atoms with E-state index in [1.165, 1.54) is 0 Å². The second-order valence-electron chi connectivity index (χ2n) is 4.60. The van der Waals surface area contributed by atoms with Gasteiger partial charge in [-0.15, -0.1) is 0 Å². The minimum atomic E-state index is 0.0165. The van der Waals surface area contributed by atoms with Gasteiger partial charge in [-0.05, 0) is 29.3 Å². The van der Waals surface area contributed by atoms with E-state index >= 15 is 0 Å². The summed E-state index contributed by atoms with van der Waals surface area (Å²) in [6, 6.07) is 15.6. The number of likely N-dealkylation sites (N-methyl/N-ethyl adjacent to an activating group) is 1. The standard InChI is InChI=1S/C16H19N3O/c1-18-16(20)10-12-6-8-14(9-7-12)19-11-13-4-2-3-5-15(13)17/h2-9,19H,10-11,17H2,1H3,(H,18,20). The summed E-state index contributed by atoms with van der Waals surface area (Å²) in [6.07, 6.45) is 0.405. The summed E-state index contributed by atoms with van der Waals surface area (Å²) in [6.45, 7) is 0.682. The van der Waals surface area contributed by atoms with E-state index < -0.39 is 0 Å². The van der Waals surface area contributed by atoms with Gasteiger partial charge in [-0.3, -0.25) is 4.79 Å². The first-order valence-corrected chi connectivity index (χ1v) is 6.56. The van der Waals surface area contributed by atoms with Crippen LogP contribution in [-0.2, 0) is 17.8 Å². The average molecular weight is 269 g/mol. The normalized spacial score (nSPS) is 10.1. The molecule has 1 amide bonds. The summed E-state index contributed by atoms with van der Waals surface area (Å²) in [5, 5.41) is 5.93. The quantitative estimate of drug-likeness (QED) is 0.729. The molecular weight excluding hydrogens is 250 g/mol. The van der Waals surface area contributed by atoms with Crippen LogP contribution < -0.4 is 16.4 Å². The number of carbonyl (C=O) groups is 1. The van der Waals surface area contributed by atoms with Gasteiger partial charge in [0.2, 0.25) is 5.91 Å². The third kappa shape index (κ3) is 3.75. The molecule has 0 aliphatic carbocycles. The topological polar surface area (TPSA) is 67.2 Å². The molecule has 0 atom stereocenters. The Labute approximate surface area is 119 Å². The Morgan fingerprint density at radius 2 is 1.80 bits per heavy atom. The maximum absolute atomic E-state index is 11.3. The fourth-order valence-corrected chi connectivity index (χ4v) is 1.91. The molecule has 0 radical (unpaired) electrons. The monoisotopic (exact) mass is 269 g/mol. The first-order valence-electron chi connectivity index (χ1n) is 6.56. The highest BCUT2D eigenvalue weighted by Gasteiger charge is 2.01. The second kappa shape index (κ2) is 6.61. The Hall–Kier alpha value is -2.49. The lowest BCUT2D eigenvalue weighted by Gasteiger charge is -2.09. The Balaban J connectivity index is 1.94. The van der Waals surface area contributed by atoms with E-state index in [4.69, 9.17) is 5.73 Å². The minimum Gasteiger partial charge on any atom is -0.398 e. The summed E-state index contributed by atoms with van der Waals surface area (Å²) in [7, 11) is 1.64. The van der Waals surface area contributed by atoms with Crippen LogP contribution >= 0.6 is 0 Å². The second-order valence-corrected chi connectivity index (χ2v) is 4.60. The fraction of sp³-hybridized carbons (Fsp3) is 0.188. The lowest BCUT2D eigenvalue weighted by Crippen LogP contribution is -2.19. The molecule has 2 aromatic rings. The number of rotatable bonds is 5. The van der Waals surface area contributed by atoms with Crippen LogP contribution in [0.3, 0.4) is 0 Å². The van der Waals surface area contributed by atoms with Crippen LogP contribution in [0.2, 0.25) is 0 Å². The van der Waals surface area contributed by atoms with Gasteiger partial charge < -0.3 is 16.4 Å². The highest BCUT2D eigenvalue weighted by Crippen LogP contribution is 2.15. The molecule has 4 nitrogen and oxygen atoms in total. The van der Waals surface area contributed by atoms with Crippen molar-refractivity contribution in [2.24, 2.45) is 0 Å². The maximum atomic E-state index is 11.3. The van der Waals surface area contributed by atoms with Gasteiger partial charge in [-0.25, -0.2) is 0 Å². The molecule has 0 spiro atoms. The number of carbonyl (C=O) groups excluding carboxylic acids is 1. The van der Waals surface area contributed by atoms with E-state index in [2.05, 4.69) is 10.6 Å². The molecule has 0 heterocycles. The number of para-hydroxylation sites is 1. The van der Waals surface area contributed by atoms with Crippen molar-refractivity contribution in [2.75, 3.05) is 18.1 Å². The number of amides is 1. The third-order valence-corrected chi connectivity index (χ3v) is 3.14. The summed E-state index contributed by atoms with van der Waals surface area (Å²) in [4.78, 5) is 11.3. The van der Waals surface area contributed by atoms with Crippen molar-refractivity contribution in [3.63, 3.8) is 0 Å². The summed E-state index contributed by atoms with van der Waals surface area (Å²) >= 11 is 0. The van der Waals surface area contributed by atoms with Crippen molar-refractivity contribution < 1.29 is 4.79 Å². The molecule has 4 N–H and O–H groups in total. The summed E-state index contributed by atoms with van der Waals surface area (Å²) in [5.41, 5.74) is 9.76. The van der Waals surface area contributed by atoms with Gasteiger partial charge in [0.05, 0.1) is 6.42 Å². The number of hydrogen-bond acceptors (Lipinski definition) is 3. The highest BCUT2D eigenvalue weighted by atomic mass is 16.1. The van der Waals surface area contributed by atoms with Gasteiger partial charge in [0.1, 0.15) is 0 Å². The number of nitrogens with one attached hydrogen (secondary N) is 2. The van der Waals surface area contributed by atoms with Gasteiger partial charge in [0.25, 0.3) is 0 Å². The predicted molar refractivity (Wildman–Crippen MR) is 82.4 cm³/mol. The number of anilines is 2. The van der Waals surface area contributed by atoms with Crippen molar-refractivity contribution in [3.8, 4) is 0 Å². The van der Waals surface area contributed by atoms with Gasteiger partial charge in [-0.2, -0.15) is 0 Å². The molecule has 2 aromatic carbocycles. The Morgan fingerprint density at radius 3 is 2.45 bits per heavy atom. The first-order chi connectivity index (χ1) is 9.69. The zero-order valence-electron chi connectivity index (χ0n) is 11.5. The summed E-state index contributed by atoms with van der Waals surface area (Å²) < 4.78 is 0. The van der Waals surface area contributed by atoms with Gasteiger partial charge in [-0.1, -0.05) is 30.3 Å². The molecule has 0 aromatic heterocycles. The third-order valence-electron chi connectivity index (χ3n) is 3.14. The van der Waals surface area contributed by atoms with Gasteiger partial charge in [0.15, 0.2) is 0 Å². The molecule has 0 saturated heterocycles. The van der Waals surface area contributed by atoms with Crippen molar-refractivity contribution in [2.45, 2.75) is 13.0 Å². The molecule has 0 unspecified atom stereocenters. The number of benzene rings is 2. The maximum Gasteiger partial charge on any atom is 0.224 e. The van der Waals surface area contributed by atoms with Crippen LogP contribution in [0, 0.1) is 0 Å².